The Balaban J connectivity index is 2.33. The predicted molar refractivity (Wildman–Crippen MR) is 52.3 cm³/mol. The average Bonchev–Trinajstić information content (AvgIpc) is 2.75. The van der Waals surface area contributed by atoms with Crippen LogP contribution in [0.25, 0.3) is 11.4 Å². The van der Waals surface area contributed by atoms with Gasteiger partial charge in [0.1, 0.15) is 5.82 Å². The van der Waals surface area contributed by atoms with Crippen LogP contribution in [0.1, 0.15) is 18.8 Å². The number of nitrogens with one attached hydrogen (secondary N) is 1. The second-order valence-corrected chi connectivity index (χ2v) is 3.62. The third kappa shape index (κ3) is 1.61. The van der Waals surface area contributed by atoms with Gasteiger partial charge in [-0.1, -0.05) is 0 Å². The third-order valence-corrected chi connectivity index (χ3v) is 2.40. The van der Waals surface area contributed by atoms with Crippen LogP contribution in [-0.4, -0.2) is 15.2 Å². The summed E-state index contributed by atoms with van der Waals surface area (Å²) >= 11 is 1.63. The van der Waals surface area contributed by atoms with Gasteiger partial charge in [-0.2, -0.15) is 16.4 Å². The zero-order valence-electron chi connectivity index (χ0n) is 7.19. The summed E-state index contributed by atoms with van der Waals surface area (Å²) in [4.78, 5) is 4.27. The van der Waals surface area contributed by atoms with Crippen LogP contribution in [-0.2, 0) is 0 Å². The molecule has 0 bridgehead atoms. The van der Waals surface area contributed by atoms with E-state index in [2.05, 4.69) is 15.2 Å². The van der Waals surface area contributed by atoms with Crippen molar-refractivity contribution >= 4 is 11.3 Å². The van der Waals surface area contributed by atoms with Gasteiger partial charge in [-0.25, -0.2) is 4.98 Å². The highest BCUT2D eigenvalue weighted by Crippen LogP contribution is 2.18. The van der Waals surface area contributed by atoms with Gasteiger partial charge in [0, 0.05) is 10.9 Å². The summed E-state index contributed by atoms with van der Waals surface area (Å²) in [7, 11) is 0. The summed E-state index contributed by atoms with van der Waals surface area (Å²) in [6, 6.07) is 1.89. The lowest BCUT2D eigenvalue weighted by Crippen LogP contribution is -2.06. The summed E-state index contributed by atoms with van der Waals surface area (Å²) in [5.41, 5.74) is 6.68. The van der Waals surface area contributed by atoms with Crippen LogP contribution < -0.4 is 5.73 Å². The lowest BCUT2D eigenvalue weighted by atomic mass is 10.3. The normalized spacial score (nSPS) is 13.1. The highest BCUT2D eigenvalue weighted by atomic mass is 32.1. The molecule has 0 aliphatic rings. The topological polar surface area (TPSA) is 67.6 Å². The second-order valence-electron chi connectivity index (χ2n) is 2.84. The third-order valence-electron chi connectivity index (χ3n) is 1.71. The standard InChI is InChI=1S/C8H10N4S/c1-5(9)7-10-8(12-11-7)6-2-3-13-4-6/h2-5H,9H2,1H3,(H,10,11,12). The molecule has 0 fully saturated rings. The zero-order chi connectivity index (χ0) is 9.26. The summed E-state index contributed by atoms with van der Waals surface area (Å²) < 4.78 is 0. The number of nitrogens with zero attached hydrogens (tertiary/aromatic N) is 2. The minimum Gasteiger partial charge on any atom is -0.322 e. The van der Waals surface area contributed by atoms with E-state index in [9.17, 15) is 0 Å². The van der Waals surface area contributed by atoms with Crippen molar-refractivity contribution in [3.8, 4) is 11.4 Å². The molecule has 5 heteroatoms. The van der Waals surface area contributed by atoms with E-state index in [0.29, 0.717) is 5.82 Å². The van der Waals surface area contributed by atoms with Gasteiger partial charge in [-0.15, -0.1) is 0 Å². The van der Waals surface area contributed by atoms with Crippen LogP contribution in [0.4, 0.5) is 0 Å². The Hall–Kier alpha value is -1.20. The number of aromatic nitrogens is 3. The molecule has 4 nitrogen and oxygen atoms in total. The first-order chi connectivity index (χ1) is 6.27. The number of thiophene rings is 1. The number of H-pyrrole nitrogens is 1. The molecule has 0 spiro atoms. The lowest BCUT2D eigenvalue weighted by Gasteiger charge is -1.95. The van der Waals surface area contributed by atoms with Gasteiger partial charge >= 0.3 is 0 Å². The van der Waals surface area contributed by atoms with Crippen LogP contribution in [0.3, 0.4) is 0 Å². The SMILES string of the molecule is CC(N)c1nc(-c2ccsc2)n[nH]1. The Labute approximate surface area is 79.8 Å². The zero-order valence-corrected chi connectivity index (χ0v) is 8.01. The Kier molecular flexibility index (Phi) is 2.12. The van der Waals surface area contributed by atoms with Gasteiger partial charge in [0.25, 0.3) is 0 Å². The van der Waals surface area contributed by atoms with Gasteiger partial charge in [0.2, 0.25) is 0 Å². The molecule has 2 rings (SSSR count). The van der Waals surface area contributed by atoms with Crippen molar-refractivity contribution in [3.63, 3.8) is 0 Å². The minimum absolute atomic E-state index is 0.0973. The quantitative estimate of drug-likeness (QED) is 0.762. The van der Waals surface area contributed by atoms with Crippen LogP contribution in [0, 0.1) is 0 Å². The summed E-state index contributed by atoms with van der Waals surface area (Å²) in [5.74, 6) is 1.44. The molecule has 0 saturated carbocycles. The van der Waals surface area contributed by atoms with E-state index in [4.69, 9.17) is 5.73 Å². The number of hydrogen-bond donors (Lipinski definition) is 2. The molecule has 1 unspecified atom stereocenters. The fraction of sp³-hybridized carbons (Fsp3) is 0.250. The Morgan fingerprint density at radius 2 is 2.46 bits per heavy atom. The van der Waals surface area contributed by atoms with Crippen LogP contribution in [0.2, 0.25) is 0 Å². The van der Waals surface area contributed by atoms with E-state index in [1.165, 1.54) is 0 Å². The Morgan fingerprint density at radius 1 is 1.62 bits per heavy atom. The predicted octanol–water partition coefficient (Wildman–Crippen LogP) is 1.55. The Bertz CT molecular complexity index is 377. The molecule has 0 amide bonds. The molecular weight excluding hydrogens is 184 g/mol. The van der Waals surface area contributed by atoms with Gasteiger partial charge < -0.3 is 5.73 Å². The highest BCUT2D eigenvalue weighted by molar-refractivity contribution is 7.08. The second kappa shape index (κ2) is 3.27. The number of hydrogen-bond acceptors (Lipinski definition) is 4. The molecule has 13 heavy (non-hydrogen) atoms. The molecular formula is C8H10N4S. The fourth-order valence-electron chi connectivity index (χ4n) is 0.999. The minimum atomic E-state index is -0.0973. The highest BCUT2D eigenvalue weighted by Gasteiger charge is 2.08. The van der Waals surface area contributed by atoms with E-state index in [0.717, 1.165) is 11.4 Å². The number of rotatable bonds is 2. The molecule has 3 N–H and O–H groups in total. The first-order valence-corrected chi connectivity index (χ1v) is 4.92. The first kappa shape index (κ1) is 8.40. The molecule has 68 valence electrons. The van der Waals surface area contributed by atoms with Crippen molar-refractivity contribution < 1.29 is 0 Å². The maximum absolute atomic E-state index is 5.65. The van der Waals surface area contributed by atoms with E-state index in [1.54, 1.807) is 11.3 Å². The van der Waals surface area contributed by atoms with Crippen molar-refractivity contribution in [2.75, 3.05) is 0 Å². The molecule has 0 aliphatic heterocycles. The monoisotopic (exact) mass is 194 g/mol. The van der Waals surface area contributed by atoms with Gasteiger partial charge in [0.15, 0.2) is 5.82 Å². The van der Waals surface area contributed by atoms with E-state index >= 15 is 0 Å². The maximum atomic E-state index is 5.65. The maximum Gasteiger partial charge on any atom is 0.182 e. The Morgan fingerprint density at radius 3 is 3.00 bits per heavy atom. The van der Waals surface area contributed by atoms with Gasteiger partial charge in [0.05, 0.1) is 6.04 Å². The lowest BCUT2D eigenvalue weighted by molar-refractivity contribution is 0.745. The molecule has 0 saturated heterocycles. The molecule has 1 atom stereocenters. The van der Waals surface area contributed by atoms with Crippen molar-refractivity contribution in [1.29, 1.82) is 0 Å². The van der Waals surface area contributed by atoms with Crippen molar-refractivity contribution in [3.05, 3.63) is 22.7 Å². The van der Waals surface area contributed by atoms with Crippen LogP contribution >= 0.6 is 11.3 Å². The summed E-state index contributed by atoms with van der Waals surface area (Å²) in [5, 5.41) is 10.9. The molecule has 0 radical (unpaired) electrons. The van der Waals surface area contributed by atoms with Crippen molar-refractivity contribution in [1.82, 2.24) is 15.2 Å². The van der Waals surface area contributed by atoms with E-state index < -0.39 is 0 Å². The molecule has 0 aliphatic carbocycles. The molecule has 0 aromatic carbocycles. The van der Waals surface area contributed by atoms with Crippen LogP contribution in [0.15, 0.2) is 16.8 Å². The fourth-order valence-corrected chi connectivity index (χ4v) is 1.63. The first-order valence-electron chi connectivity index (χ1n) is 3.98. The smallest absolute Gasteiger partial charge is 0.182 e. The number of nitrogens with two attached hydrogens (primary N) is 1. The number of aromatic amines is 1. The van der Waals surface area contributed by atoms with Gasteiger partial charge in [-0.3, -0.25) is 5.10 Å². The molecule has 2 heterocycles. The van der Waals surface area contributed by atoms with E-state index in [1.807, 2.05) is 23.8 Å². The van der Waals surface area contributed by atoms with Crippen molar-refractivity contribution in [2.45, 2.75) is 13.0 Å². The molecule has 2 aromatic rings. The average molecular weight is 194 g/mol. The van der Waals surface area contributed by atoms with E-state index in [-0.39, 0.29) is 6.04 Å². The largest absolute Gasteiger partial charge is 0.322 e. The summed E-state index contributed by atoms with van der Waals surface area (Å²) in [6.45, 7) is 1.87. The van der Waals surface area contributed by atoms with Gasteiger partial charge in [-0.05, 0) is 18.4 Å². The van der Waals surface area contributed by atoms with Crippen molar-refractivity contribution in [2.24, 2.45) is 5.73 Å². The van der Waals surface area contributed by atoms with Crippen LogP contribution in [0.5, 0.6) is 0 Å². The summed E-state index contributed by atoms with van der Waals surface area (Å²) in [6.07, 6.45) is 0. The molecule has 2 aromatic heterocycles.